The van der Waals surface area contributed by atoms with E-state index in [-0.39, 0.29) is 60.4 Å². The standard InChI is InChI=1S/C32H48N2O8/c1-21(8-11-25-18-32(20-39-32)19-26(42-25)17-30(36)37)9-12-28-22(2)16-27(24(4)41-28)33-29(35)13-10-23(3)40-31(38)34-14-6-5-7-15-34/h8-11,13,22-28H,5-7,12,14-20H2,1-4H3,(H,33,35)(H,36,37)/b11-8+,13-10-,21-9+/t22?,23?,24?,25?,26-,27?,28?,32?/m1/s1. The minimum Gasteiger partial charge on any atom is -0.481 e. The van der Waals surface area contributed by atoms with Gasteiger partial charge in [0.2, 0.25) is 5.91 Å². The number of epoxide rings is 1. The van der Waals surface area contributed by atoms with E-state index >= 15 is 0 Å². The van der Waals surface area contributed by atoms with Crippen molar-refractivity contribution in [1.29, 1.82) is 0 Å². The van der Waals surface area contributed by atoms with Crippen LogP contribution in [0.3, 0.4) is 0 Å². The topological polar surface area (TPSA) is 127 Å². The smallest absolute Gasteiger partial charge is 0.410 e. The van der Waals surface area contributed by atoms with E-state index in [1.165, 1.54) is 6.08 Å². The molecule has 10 nitrogen and oxygen atoms in total. The summed E-state index contributed by atoms with van der Waals surface area (Å²) < 4.78 is 23.4. The normalized spacial score (nSPS) is 34.5. The van der Waals surface area contributed by atoms with Crippen LogP contribution in [-0.4, -0.2) is 89.8 Å². The Morgan fingerprint density at radius 1 is 1.12 bits per heavy atom. The fraction of sp³-hybridized carbons (Fsp3) is 0.719. The van der Waals surface area contributed by atoms with Gasteiger partial charge in [-0.15, -0.1) is 0 Å². The fourth-order valence-corrected chi connectivity index (χ4v) is 6.12. The molecule has 10 heteroatoms. The summed E-state index contributed by atoms with van der Waals surface area (Å²) in [4.78, 5) is 37.8. The lowest BCUT2D eigenvalue weighted by molar-refractivity contribution is -0.143. The van der Waals surface area contributed by atoms with Crippen molar-refractivity contribution in [3.63, 3.8) is 0 Å². The highest BCUT2D eigenvalue weighted by Crippen LogP contribution is 2.43. The summed E-state index contributed by atoms with van der Waals surface area (Å²) in [5, 5.41) is 12.2. The molecule has 2 N–H and O–H groups in total. The molecule has 4 heterocycles. The van der Waals surface area contributed by atoms with Crippen LogP contribution in [0, 0.1) is 5.92 Å². The van der Waals surface area contributed by atoms with Gasteiger partial charge in [0.1, 0.15) is 6.10 Å². The van der Waals surface area contributed by atoms with E-state index in [9.17, 15) is 14.4 Å². The molecule has 8 atom stereocenters. The molecule has 0 aromatic rings. The van der Waals surface area contributed by atoms with Crippen molar-refractivity contribution in [3.05, 3.63) is 36.0 Å². The number of likely N-dealkylation sites (tertiary alicyclic amines) is 1. The molecule has 4 saturated heterocycles. The Hall–Kier alpha value is -2.69. The van der Waals surface area contributed by atoms with Crippen LogP contribution in [0.1, 0.15) is 79.1 Å². The quantitative estimate of drug-likeness (QED) is 0.216. The first kappa shape index (κ1) is 32.2. The minimum absolute atomic E-state index is 0.00942. The summed E-state index contributed by atoms with van der Waals surface area (Å²) in [5.41, 5.74) is 0.871. The molecule has 0 aromatic carbocycles. The van der Waals surface area contributed by atoms with Gasteiger partial charge in [0.25, 0.3) is 0 Å². The number of hydrogen-bond acceptors (Lipinski definition) is 7. The average Bonchev–Trinajstić information content (AvgIpc) is 3.69. The molecule has 0 radical (unpaired) electrons. The second kappa shape index (κ2) is 14.7. The van der Waals surface area contributed by atoms with Crippen molar-refractivity contribution in [1.82, 2.24) is 10.2 Å². The number of piperidine rings is 1. The summed E-state index contributed by atoms with van der Waals surface area (Å²) >= 11 is 0. The Morgan fingerprint density at radius 2 is 1.86 bits per heavy atom. The van der Waals surface area contributed by atoms with Crippen LogP contribution in [0.4, 0.5) is 4.79 Å². The summed E-state index contributed by atoms with van der Waals surface area (Å²) in [5.74, 6) is -0.832. The molecule has 4 fully saturated rings. The Bertz CT molecular complexity index is 1050. The number of carboxylic acid groups (broad SMARTS) is 1. The van der Waals surface area contributed by atoms with Crippen molar-refractivity contribution in [2.45, 2.75) is 121 Å². The Kier molecular flexibility index (Phi) is 11.3. The first-order valence-electron chi connectivity index (χ1n) is 15.5. The highest BCUT2D eigenvalue weighted by atomic mass is 16.6. The average molecular weight is 589 g/mol. The molecule has 4 rings (SSSR count). The van der Waals surface area contributed by atoms with Crippen molar-refractivity contribution in [2.75, 3.05) is 19.7 Å². The first-order chi connectivity index (χ1) is 20.0. The second-order valence-corrected chi connectivity index (χ2v) is 12.5. The summed E-state index contributed by atoms with van der Waals surface area (Å²) in [6.45, 7) is 10.0. The Morgan fingerprint density at radius 3 is 2.55 bits per heavy atom. The lowest BCUT2D eigenvalue weighted by atomic mass is 9.88. The third kappa shape index (κ3) is 9.67. The lowest BCUT2D eigenvalue weighted by Gasteiger charge is -2.39. The van der Waals surface area contributed by atoms with E-state index in [0.29, 0.717) is 13.0 Å². The maximum Gasteiger partial charge on any atom is 0.410 e. The lowest BCUT2D eigenvalue weighted by Crippen LogP contribution is -2.50. The van der Waals surface area contributed by atoms with Crippen molar-refractivity contribution < 1.29 is 38.4 Å². The molecule has 234 valence electrons. The van der Waals surface area contributed by atoms with Crippen molar-refractivity contribution in [2.24, 2.45) is 5.92 Å². The molecule has 0 aromatic heterocycles. The number of carboxylic acids is 1. The first-order valence-corrected chi connectivity index (χ1v) is 15.5. The number of nitrogens with zero attached hydrogens (tertiary/aromatic N) is 1. The molecule has 7 unspecified atom stereocenters. The number of amides is 2. The van der Waals surface area contributed by atoms with Crippen molar-refractivity contribution in [3.8, 4) is 0 Å². The zero-order valence-corrected chi connectivity index (χ0v) is 25.5. The van der Waals surface area contributed by atoms with Gasteiger partial charge < -0.3 is 34.3 Å². The summed E-state index contributed by atoms with van der Waals surface area (Å²) in [7, 11) is 0. The number of aliphatic carboxylic acids is 1. The largest absolute Gasteiger partial charge is 0.481 e. The Labute approximate surface area is 249 Å². The molecule has 42 heavy (non-hydrogen) atoms. The van der Waals surface area contributed by atoms with E-state index in [4.69, 9.17) is 24.1 Å². The molecule has 1 spiro atoms. The fourth-order valence-electron chi connectivity index (χ4n) is 6.12. The van der Waals surface area contributed by atoms with Gasteiger partial charge >= 0.3 is 12.1 Å². The molecule has 4 aliphatic heterocycles. The van der Waals surface area contributed by atoms with Gasteiger partial charge in [0, 0.05) is 32.0 Å². The van der Waals surface area contributed by atoms with Crippen LogP contribution >= 0.6 is 0 Å². The van der Waals surface area contributed by atoms with Gasteiger partial charge in [0.15, 0.2) is 0 Å². The van der Waals surface area contributed by atoms with Gasteiger partial charge in [-0.05, 0) is 64.9 Å². The zero-order chi connectivity index (χ0) is 30.3. The predicted octanol–water partition coefficient (Wildman–Crippen LogP) is 4.54. The second-order valence-electron chi connectivity index (χ2n) is 12.5. The maximum atomic E-state index is 12.6. The molecule has 4 aliphatic rings. The number of carbonyl (C=O) groups excluding carboxylic acids is 2. The molecular formula is C32H48N2O8. The minimum atomic E-state index is -0.855. The molecule has 2 amide bonds. The maximum absolute atomic E-state index is 12.6. The van der Waals surface area contributed by atoms with Crippen LogP contribution in [0.25, 0.3) is 0 Å². The zero-order valence-electron chi connectivity index (χ0n) is 25.5. The third-order valence-corrected chi connectivity index (χ3v) is 8.70. The van der Waals surface area contributed by atoms with Gasteiger partial charge in [-0.1, -0.05) is 30.7 Å². The third-order valence-electron chi connectivity index (χ3n) is 8.70. The van der Waals surface area contributed by atoms with Gasteiger partial charge in [-0.3, -0.25) is 9.59 Å². The van der Waals surface area contributed by atoms with Crippen LogP contribution < -0.4 is 5.32 Å². The molecule has 0 aliphatic carbocycles. The number of rotatable bonds is 10. The number of hydrogen-bond donors (Lipinski definition) is 2. The monoisotopic (exact) mass is 588 g/mol. The van der Waals surface area contributed by atoms with E-state index in [1.54, 1.807) is 17.9 Å². The van der Waals surface area contributed by atoms with Crippen LogP contribution in [-0.2, 0) is 28.5 Å². The number of nitrogens with one attached hydrogen (secondary N) is 1. The summed E-state index contributed by atoms with van der Waals surface area (Å²) in [6, 6.07) is -0.108. The van der Waals surface area contributed by atoms with E-state index in [1.807, 2.05) is 26.0 Å². The van der Waals surface area contributed by atoms with Gasteiger partial charge in [0.05, 0.1) is 49.1 Å². The molecule has 0 bridgehead atoms. The van der Waals surface area contributed by atoms with E-state index < -0.39 is 12.1 Å². The van der Waals surface area contributed by atoms with Gasteiger partial charge in [-0.2, -0.15) is 0 Å². The Balaban J connectivity index is 1.19. The van der Waals surface area contributed by atoms with Crippen LogP contribution in [0.15, 0.2) is 36.0 Å². The van der Waals surface area contributed by atoms with Crippen LogP contribution in [0.5, 0.6) is 0 Å². The summed E-state index contributed by atoms with van der Waals surface area (Å²) in [6.07, 6.45) is 13.9. The predicted molar refractivity (Wildman–Crippen MR) is 157 cm³/mol. The van der Waals surface area contributed by atoms with Gasteiger partial charge in [-0.25, -0.2) is 4.79 Å². The highest BCUT2D eigenvalue weighted by molar-refractivity contribution is 5.87. The molecule has 0 saturated carbocycles. The number of allylic oxidation sites excluding steroid dienone is 2. The van der Waals surface area contributed by atoms with Crippen molar-refractivity contribution >= 4 is 18.0 Å². The van der Waals surface area contributed by atoms with E-state index in [2.05, 4.69) is 18.3 Å². The SMILES string of the molecule is CC(/C=C/C1CC2(CO2)C[C@@H](CC(=O)O)O1)=C\CC1OC(C)C(NC(=O)/C=C\C(C)OC(=O)N2CCCCC2)CC1C. The number of ether oxygens (including phenoxy) is 4. The number of carbonyl (C=O) groups is 3. The van der Waals surface area contributed by atoms with Crippen LogP contribution in [0.2, 0.25) is 0 Å². The van der Waals surface area contributed by atoms with E-state index in [0.717, 1.165) is 57.2 Å². The highest BCUT2D eigenvalue weighted by Gasteiger charge is 2.51. The molecular weight excluding hydrogens is 540 g/mol.